The van der Waals surface area contributed by atoms with E-state index in [4.69, 9.17) is 9.84 Å². The summed E-state index contributed by atoms with van der Waals surface area (Å²) in [4.78, 5) is 22.9. The Morgan fingerprint density at radius 2 is 1.94 bits per heavy atom. The maximum Gasteiger partial charge on any atom is 0.323 e. The maximum atomic E-state index is 12.6. The molecule has 0 bridgehead atoms. The van der Waals surface area contributed by atoms with Crippen LogP contribution in [0.4, 0.5) is 4.39 Å². The molecule has 0 spiro atoms. The lowest BCUT2D eigenvalue weighted by atomic mass is 10.3. The number of nitrogens with zero attached hydrogens (tertiary/aromatic N) is 1. The van der Waals surface area contributed by atoms with Gasteiger partial charge in [0.15, 0.2) is 0 Å². The van der Waals surface area contributed by atoms with Crippen LogP contribution in [0.25, 0.3) is 0 Å². The molecule has 0 saturated heterocycles. The first-order chi connectivity index (χ1) is 8.49. The summed E-state index contributed by atoms with van der Waals surface area (Å²) in [5.74, 6) is -1.28. The summed E-state index contributed by atoms with van der Waals surface area (Å²) in [6, 6.07) is 5.43. The molecular formula is C12H14FNO4. The van der Waals surface area contributed by atoms with E-state index in [0.29, 0.717) is 5.75 Å². The van der Waals surface area contributed by atoms with E-state index < -0.39 is 5.97 Å². The van der Waals surface area contributed by atoms with E-state index in [2.05, 4.69) is 0 Å². The molecular weight excluding hydrogens is 241 g/mol. The highest BCUT2D eigenvalue weighted by atomic mass is 19.1. The first kappa shape index (κ1) is 14.0. The zero-order chi connectivity index (χ0) is 13.5. The second-order valence-corrected chi connectivity index (χ2v) is 3.70. The van der Waals surface area contributed by atoms with Crippen LogP contribution in [0.15, 0.2) is 24.3 Å². The van der Waals surface area contributed by atoms with Crippen LogP contribution in [0.2, 0.25) is 0 Å². The van der Waals surface area contributed by atoms with Gasteiger partial charge in [-0.25, -0.2) is 4.39 Å². The van der Waals surface area contributed by atoms with Gasteiger partial charge in [0.05, 0.1) is 13.0 Å². The highest BCUT2D eigenvalue weighted by Crippen LogP contribution is 2.11. The molecule has 0 aliphatic carbocycles. The van der Waals surface area contributed by atoms with Crippen molar-refractivity contribution in [1.82, 2.24) is 4.90 Å². The van der Waals surface area contributed by atoms with Gasteiger partial charge in [-0.2, -0.15) is 0 Å². The van der Waals surface area contributed by atoms with E-state index in [1.165, 1.54) is 31.3 Å². The number of carbonyl (C=O) groups excluding carboxylic acids is 1. The monoisotopic (exact) mass is 255 g/mol. The topological polar surface area (TPSA) is 66.8 Å². The molecule has 1 N–H and O–H groups in total. The number of ether oxygens (including phenoxy) is 1. The molecule has 0 aliphatic rings. The Hall–Kier alpha value is -2.11. The Labute approximate surface area is 104 Å². The molecule has 5 nitrogen and oxygen atoms in total. The molecule has 0 heterocycles. The van der Waals surface area contributed by atoms with Crippen molar-refractivity contribution < 1.29 is 23.8 Å². The van der Waals surface area contributed by atoms with E-state index in [9.17, 15) is 14.0 Å². The Kier molecular flexibility index (Phi) is 5.10. The van der Waals surface area contributed by atoms with Gasteiger partial charge in [0, 0.05) is 7.05 Å². The first-order valence-electron chi connectivity index (χ1n) is 5.33. The summed E-state index contributed by atoms with van der Waals surface area (Å²) in [5.41, 5.74) is 0. The molecule has 0 unspecified atom stereocenters. The van der Waals surface area contributed by atoms with Crippen molar-refractivity contribution in [3.05, 3.63) is 30.1 Å². The standard InChI is InChI=1S/C12H14FNO4/c1-14(8-12(16)17)11(15)6-7-18-10-4-2-9(13)3-5-10/h2-5H,6-8H2,1H3,(H,16,17). The third-order valence-electron chi connectivity index (χ3n) is 2.20. The van der Waals surface area contributed by atoms with Crippen LogP contribution < -0.4 is 4.74 Å². The second-order valence-electron chi connectivity index (χ2n) is 3.70. The predicted octanol–water partition coefficient (Wildman–Crippen LogP) is 1.14. The third-order valence-corrected chi connectivity index (χ3v) is 2.20. The van der Waals surface area contributed by atoms with Crippen molar-refractivity contribution >= 4 is 11.9 Å². The van der Waals surface area contributed by atoms with E-state index in [0.717, 1.165) is 4.90 Å². The fraction of sp³-hybridized carbons (Fsp3) is 0.333. The van der Waals surface area contributed by atoms with Crippen molar-refractivity contribution in [2.75, 3.05) is 20.2 Å². The van der Waals surface area contributed by atoms with Crippen LogP contribution in [0.1, 0.15) is 6.42 Å². The van der Waals surface area contributed by atoms with Crippen LogP contribution >= 0.6 is 0 Å². The number of halogens is 1. The summed E-state index contributed by atoms with van der Waals surface area (Å²) >= 11 is 0. The Bertz CT molecular complexity index is 419. The molecule has 0 saturated carbocycles. The minimum absolute atomic E-state index is 0.0706. The molecule has 0 aliphatic heterocycles. The number of hydrogen-bond acceptors (Lipinski definition) is 3. The number of aliphatic carboxylic acids is 1. The average molecular weight is 255 g/mol. The number of carbonyl (C=O) groups is 2. The molecule has 6 heteroatoms. The van der Waals surface area contributed by atoms with Gasteiger partial charge < -0.3 is 14.7 Å². The van der Waals surface area contributed by atoms with Gasteiger partial charge in [0.1, 0.15) is 18.1 Å². The Morgan fingerprint density at radius 3 is 2.50 bits per heavy atom. The van der Waals surface area contributed by atoms with Crippen molar-refractivity contribution in [3.8, 4) is 5.75 Å². The molecule has 1 aromatic rings. The third kappa shape index (κ3) is 4.82. The van der Waals surface area contributed by atoms with E-state index in [-0.39, 0.29) is 31.3 Å². The molecule has 1 rings (SSSR count). The van der Waals surface area contributed by atoms with Crippen LogP contribution in [-0.4, -0.2) is 42.1 Å². The lowest BCUT2D eigenvalue weighted by Crippen LogP contribution is -2.32. The lowest BCUT2D eigenvalue weighted by molar-refractivity contribution is -0.143. The van der Waals surface area contributed by atoms with Gasteiger partial charge in [-0.15, -0.1) is 0 Å². The minimum Gasteiger partial charge on any atom is -0.493 e. The summed E-state index contributed by atoms with van der Waals surface area (Å²) in [7, 11) is 1.41. The number of rotatable bonds is 6. The highest BCUT2D eigenvalue weighted by molar-refractivity contribution is 5.81. The Morgan fingerprint density at radius 1 is 1.33 bits per heavy atom. The van der Waals surface area contributed by atoms with Crippen molar-refractivity contribution in [3.63, 3.8) is 0 Å². The number of amides is 1. The summed E-state index contributed by atoms with van der Waals surface area (Å²) in [6.45, 7) is -0.218. The lowest BCUT2D eigenvalue weighted by Gasteiger charge is -2.14. The van der Waals surface area contributed by atoms with Gasteiger partial charge in [0.25, 0.3) is 0 Å². The quantitative estimate of drug-likeness (QED) is 0.827. The molecule has 18 heavy (non-hydrogen) atoms. The van der Waals surface area contributed by atoms with Crippen molar-refractivity contribution in [2.24, 2.45) is 0 Å². The van der Waals surface area contributed by atoms with Crippen molar-refractivity contribution in [2.45, 2.75) is 6.42 Å². The van der Waals surface area contributed by atoms with Crippen molar-refractivity contribution in [1.29, 1.82) is 0 Å². The number of carboxylic acid groups (broad SMARTS) is 1. The molecule has 0 radical (unpaired) electrons. The maximum absolute atomic E-state index is 12.6. The average Bonchev–Trinajstić information content (AvgIpc) is 2.30. The fourth-order valence-electron chi connectivity index (χ4n) is 1.27. The smallest absolute Gasteiger partial charge is 0.323 e. The summed E-state index contributed by atoms with van der Waals surface area (Å²) in [6.07, 6.45) is 0.0706. The summed E-state index contributed by atoms with van der Waals surface area (Å²) in [5, 5.41) is 8.50. The zero-order valence-corrected chi connectivity index (χ0v) is 9.93. The van der Waals surface area contributed by atoms with E-state index >= 15 is 0 Å². The van der Waals surface area contributed by atoms with Gasteiger partial charge >= 0.3 is 5.97 Å². The molecule has 0 fully saturated rings. The number of likely N-dealkylation sites (N-methyl/N-ethyl adjacent to an activating group) is 1. The molecule has 98 valence electrons. The van der Waals surface area contributed by atoms with Gasteiger partial charge in [-0.3, -0.25) is 9.59 Å². The predicted molar refractivity (Wildman–Crippen MR) is 61.8 cm³/mol. The molecule has 0 atom stereocenters. The summed E-state index contributed by atoms with van der Waals surface area (Å²) < 4.78 is 17.8. The second kappa shape index (κ2) is 6.58. The number of carboxylic acids is 1. The first-order valence-corrected chi connectivity index (χ1v) is 5.33. The van der Waals surface area contributed by atoms with Gasteiger partial charge in [-0.1, -0.05) is 0 Å². The van der Waals surface area contributed by atoms with Crippen LogP contribution in [0, 0.1) is 5.82 Å². The normalized spacial score (nSPS) is 9.89. The highest BCUT2D eigenvalue weighted by Gasteiger charge is 2.11. The minimum atomic E-state index is -1.06. The van der Waals surface area contributed by atoms with Crippen LogP contribution in [0.5, 0.6) is 5.75 Å². The van der Waals surface area contributed by atoms with Gasteiger partial charge in [-0.05, 0) is 24.3 Å². The fourth-order valence-corrected chi connectivity index (χ4v) is 1.27. The van der Waals surface area contributed by atoms with E-state index in [1.807, 2.05) is 0 Å². The molecule has 1 amide bonds. The largest absolute Gasteiger partial charge is 0.493 e. The number of benzene rings is 1. The van der Waals surface area contributed by atoms with Gasteiger partial charge in [0.2, 0.25) is 5.91 Å². The van der Waals surface area contributed by atoms with Crippen LogP contribution in [-0.2, 0) is 9.59 Å². The van der Waals surface area contributed by atoms with Crippen LogP contribution in [0.3, 0.4) is 0 Å². The Balaban J connectivity index is 2.31. The number of hydrogen-bond donors (Lipinski definition) is 1. The molecule has 0 aromatic heterocycles. The SMILES string of the molecule is CN(CC(=O)O)C(=O)CCOc1ccc(F)cc1. The zero-order valence-electron chi connectivity index (χ0n) is 9.93. The van der Waals surface area contributed by atoms with E-state index in [1.54, 1.807) is 0 Å². The molecule has 1 aromatic carbocycles.